The first-order chi connectivity index (χ1) is 11.7. The van der Waals surface area contributed by atoms with E-state index >= 15 is 0 Å². The summed E-state index contributed by atoms with van der Waals surface area (Å²) < 4.78 is 26.2. The Balaban J connectivity index is 1.85. The van der Waals surface area contributed by atoms with Crippen molar-refractivity contribution in [1.29, 1.82) is 0 Å². The number of benzene rings is 1. The number of phenols is 1. The average molecular weight is 500 g/mol. The molecule has 1 heterocycles. The third-order valence-corrected chi connectivity index (χ3v) is 6.49. The topological polar surface area (TPSA) is 98.7 Å². The van der Waals surface area contributed by atoms with Crippen LogP contribution in [0.3, 0.4) is 0 Å². The van der Waals surface area contributed by atoms with Crippen molar-refractivity contribution in [3.63, 3.8) is 0 Å². The fraction of sp³-hybridized carbons (Fsp3) is 0.400. The van der Waals surface area contributed by atoms with Crippen molar-refractivity contribution in [2.24, 2.45) is 0 Å². The maximum atomic E-state index is 12.3. The molecule has 1 saturated heterocycles. The predicted octanol–water partition coefficient (Wildman–Crippen LogP) is 2.12. The third kappa shape index (κ3) is 5.73. The molecule has 0 spiro atoms. The Hall–Kier alpha value is -1.04. The lowest BCUT2D eigenvalue weighted by Crippen LogP contribution is -2.47. The molecule has 1 amide bonds. The van der Waals surface area contributed by atoms with Gasteiger partial charge in [0.2, 0.25) is 15.9 Å². The molecule has 0 radical (unpaired) electrons. The minimum Gasteiger partial charge on any atom is -0.506 e. The maximum absolute atomic E-state index is 12.3. The van der Waals surface area contributed by atoms with Crippen LogP contribution in [-0.4, -0.2) is 50.0 Å². The minimum absolute atomic E-state index is 0.0178. The van der Waals surface area contributed by atoms with E-state index in [4.69, 9.17) is 11.6 Å². The lowest BCUT2D eigenvalue weighted by atomic mass is 10.1. The van der Waals surface area contributed by atoms with Crippen molar-refractivity contribution in [1.82, 2.24) is 9.62 Å². The second-order valence-electron chi connectivity index (χ2n) is 5.62. The highest BCUT2D eigenvalue weighted by atomic mass is 127. The first-order valence-corrected chi connectivity index (χ1v) is 10.6. The Morgan fingerprint density at radius 1 is 1.44 bits per heavy atom. The van der Waals surface area contributed by atoms with Crippen molar-refractivity contribution in [2.75, 3.05) is 25.0 Å². The minimum atomic E-state index is -3.46. The number of likely N-dealkylation sites (tertiary alicyclic amines) is 1. The van der Waals surface area contributed by atoms with Gasteiger partial charge in [-0.15, -0.1) is 0 Å². The lowest BCUT2D eigenvalue weighted by molar-refractivity contribution is -0.130. The summed E-state index contributed by atoms with van der Waals surface area (Å²) in [6, 6.07) is 2.90. The van der Waals surface area contributed by atoms with Crippen LogP contribution >= 0.6 is 34.2 Å². The number of hydrogen-bond donors (Lipinski definition) is 3. The van der Waals surface area contributed by atoms with E-state index in [9.17, 15) is 18.3 Å². The number of sulfonamides is 1. The van der Waals surface area contributed by atoms with Gasteiger partial charge in [0.1, 0.15) is 5.75 Å². The number of carbonyl (C=O) groups is 1. The van der Waals surface area contributed by atoms with Gasteiger partial charge in [0.25, 0.3) is 0 Å². The molecule has 3 N–H and O–H groups in total. The van der Waals surface area contributed by atoms with Crippen LogP contribution in [0.25, 0.3) is 0 Å². The standard InChI is InChI=1S/C15H19ClIN3O4S/c1-2-25(23,24)19-10-3-5-20(6-4-10)15(22)9-18-13-8-12(17)11(16)7-14(13)21/h2,7-8,10,18-19,21H,1,3-6,9H2. The molecule has 2 rings (SSSR count). The van der Waals surface area contributed by atoms with Crippen molar-refractivity contribution in [3.8, 4) is 5.75 Å². The fourth-order valence-corrected chi connectivity index (χ4v) is 3.91. The summed E-state index contributed by atoms with van der Waals surface area (Å²) in [5.74, 6) is -0.134. The van der Waals surface area contributed by atoms with E-state index < -0.39 is 10.0 Å². The van der Waals surface area contributed by atoms with Gasteiger partial charge in [-0.2, -0.15) is 0 Å². The van der Waals surface area contributed by atoms with Crippen LogP contribution in [0.15, 0.2) is 24.1 Å². The molecule has 0 bridgehead atoms. The number of nitrogens with one attached hydrogen (secondary N) is 2. The quantitative estimate of drug-likeness (QED) is 0.411. The summed E-state index contributed by atoms with van der Waals surface area (Å²) >= 11 is 7.96. The Bertz CT molecular complexity index is 764. The molecule has 10 heteroatoms. The molecule has 1 aromatic carbocycles. The number of anilines is 1. The van der Waals surface area contributed by atoms with Gasteiger partial charge >= 0.3 is 0 Å². The molecule has 0 saturated carbocycles. The molecule has 1 aromatic rings. The zero-order chi connectivity index (χ0) is 18.6. The van der Waals surface area contributed by atoms with Crippen molar-refractivity contribution in [3.05, 3.63) is 32.7 Å². The van der Waals surface area contributed by atoms with Crippen LogP contribution in [0.5, 0.6) is 5.75 Å². The van der Waals surface area contributed by atoms with E-state index in [-0.39, 0.29) is 24.2 Å². The van der Waals surface area contributed by atoms with E-state index in [1.165, 1.54) is 6.07 Å². The highest BCUT2D eigenvalue weighted by Gasteiger charge is 2.24. The molecule has 0 atom stereocenters. The number of hydrogen-bond acceptors (Lipinski definition) is 5. The maximum Gasteiger partial charge on any atom is 0.241 e. The Morgan fingerprint density at radius 3 is 2.68 bits per heavy atom. The summed E-state index contributed by atoms with van der Waals surface area (Å²) in [5, 5.41) is 14.1. The van der Waals surface area contributed by atoms with Gasteiger partial charge < -0.3 is 15.3 Å². The van der Waals surface area contributed by atoms with Crippen LogP contribution in [0.1, 0.15) is 12.8 Å². The van der Waals surface area contributed by atoms with Crippen molar-refractivity contribution >= 4 is 55.8 Å². The smallest absolute Gasteiger partial charge is 0.241 e. The van der Waals surface area contributed by atoms with Crippen LogP contribution in [0.2, 0.25) is 5.02 Å². The van der Waals surface area contributed by atoms with Crippen molar-refractivity contribution in [2.45, 2.75) is 18.9 Å². The monoisotopic (exact) mass is 499 g/mol. The molecular formula is C15H19ClIN3O4S. The van der Waals surface area contributed by atoms with Crippen LogP contribution in [0, 0.1) is 3.57 Å². The highest BCUT2D eigenvalue weighted by molar-refractivity contribution is 14.1. The number of halogens is 2. The molecule has 25 heavy (non-hydrogen) atoms. The molecular weight excluding hydrogens is 481 g/mol. The number of piperidine rings is 1. The first kappa shape index (κ1) is 20.3. The largest absolute Gasteiger partial charge is 0.506 e. The fourth-order valence-electron chi connectivity index (χ4n) is 2.49. The number of phenolic OH excluding ortho intramolecular Hbond substituents is 1. The molecule has 1 aliphatic heterocycles. The molecule has 1 aliphatic rings. The van der Waals surface area contributed by atoms with E-state index in [1.807, 2.05) is 22.6 Å². The zero-order valence-electron chi connectivity index (χ0n) is 13.3. The van der Waals surface area contributed by atoms with Gasteiger partial charge in [-0.05, 0) is 41.5 Å². The number of amides is 1. The Morgan fingerprint density at radius 2 is 2.08 bits per heavy atom. The average Bonchev–Trinajstić information content (AvgIpc) is 2.57. The van der Waals surface area contributed by atoms with E-state index in [0.717, 1.165) is 8.98 Å². The molecule has 138 valence electrons. The summed E-state index contributed by atoms with van der Waals surface area (Å²) in [5.41, 5.74) is 0.441. The number of carbonyl (C=O) groups excluding carboxylic acids is 1. The zero-order valence-corrected chi connectivity index (χ0v) is 17.1. The Kier molecular flexibility index (Phi) is 6.94. The number of nitrogens with zero attached hydrogens (tertiary/aromatic N) is 1. The molecule has 7 nitrogen and oxygen atoms in total. The summed E-state index contributed by atoms with van der Waals surface area (Å²) in [4.78, 5) is 14.0. The normalized spacial score (nSPS) is 15.8. The van der Waals surface area contributed by atoms with Gasteiger partial charge in [-0.25, -0.2) is 13.1 Å². The van der Waals surface area contributed by atoms with Gasteiger partial charge in [0, 0.05) is 34.2 Å². The molecule has 0 aromatic heterocycles. The van der Waals surface area contributed by atoms with E-state index in [2.05, 4.69) is 16.6 Å². The highest BCUT2D eigenvalue weighted by Crippen LogP contribution is 2.31. The predicted molar refractivity (Wildman–Crippen MR) is 106 cm³/mol. The summed E-state index contributed by atoms with van der Waals surface area (Å²) in [6.07, 6.45) is 1.09. The summed E-state index contributed by atoms with van der Waals surface area (Å²) in [6.45, 7) is 4.23. The number of rotatable bonds is 6. The molecule has 0 unspecified atom stereocenters. The van der Waals surface area contributed by atoms with Crippen LogP contribution in [-0.2, 0) is 14.8 Å². The molecule has 0 aliphatic carbocycles. The van der Waals surface area contributed by atoms with Crippen molar-refractivity contribution < 1.29 is 18.3 Å². The molecule has 1 fully saturated rings. The second-order valence-corrected chi connectivity index (χ2v) is 8.85. The van der Waals surface area contributed by atoms with E-state index in [0.29, 0.717) is 36.6 Å². The SMILES string of the molecule is C=CS(=O)(=O)NC1CCN(C(=O)CNc2cc(I)c(Cl)cc2O)CC1. The second kappa shape index (κ2) is 8.56. The first-order valence-electron chi connectivity index (χ1n) is 7.56. The van der Waals surface area contributed by atoms with Crippen LogP contribution < -0.4 is 10.0 Å². The third-order valence-electron chi connectivity index (χ3n) is 3.87. The van der Waals surface area contributed by atoms with Gasteiger partial charge in [0.05, 0.1) is 17.3 Å². The van der Waals surface area contributed by atoms with Crippen LogP contribution in [0.4, 0.5) is 5.69 Å². The van der Waals surface area contributed by atoms with E-state index in [1.54, 1.807) is 11.0 Å². The number of aromatic hydroxyl groups is 1. The van der Waals surface area contributed by atoms with Gasteiger partial charge in [-0.1, -0.05) is 18.2 Å². The summed E-state index contributed by atoms with van der Waals surface area (Å²) in [7, 11) is -3.46. The van der Waals surface area contributed by atoms with Gasteiger partial charge in [0.15, 0.2) is 0 Å². The Labute approximate surface area is 165 Å². The van der Waals surface area contributed by atoms with Gasteiger partial charge in [-0.3, -0.25) is 4.79 Å². The lowest BCUT2D eigenvalue weighted by Gasteiger charge is -2.32.